The van der Waals surface area contributed by atoms with E-state index in [1.54, 1.807) is 0 Å². The van der Waals surface area contributed by atoms with Gasteiger partial charge in [0.05, 0.1) is 0 Å². The van der Waals surface area contributed by atoms with E-state index < -0.39 is 0 Å². The number of nitrogens with two attached hydrogens (primary N) is 1. The number of halogens is 1. The van der Waals surface area contributed by atoms with E-state index >= 15 is 0 Å². The summed E-state index contributed by atoms with van der Waals surface area (Å²) in [7, 11) is 0. The zero-order valence-electron chi connectivity index (χ0n) is 14.5. The van der Waals surface area contributed by atoms with Gasteiger partial charge in [-0.1, -0.05) is 42.5 Å². The fourth-order valence-electron chi connectivity index (χ4n) is 2.98. The molecule has 1 aromatic heterocycles. The molecule has 4 nitrogen and oxygen atoms in total. The molecule has 3 rings (SSSR count). The third-order valence-electron chi connectivity index (χ3n) is 4.22. The minimum absolute atomic E-state index is 0. The standard InChI is InChI=1S/C20H24N4.HI/c1-15-6-5-9-18-19(15)17(14-24-18)11-13-23-20(21)22-12-10-16-7-3-2-4-8-16;/h2-9,14,24H,10-13H2,1H3,(H3,21,22,23);1H. The minimum Gasteiger partial charge on any atom is -0.370 e. The number of nitrogens with zero attached hydrogens (tertiary/aromatic N) is 1. The van der Waals surface area contributed by atoms with E-state index in [2.05, 4.69) is 70.9 Å². The van der Waals surface area contributed by atoms with E-state index in [1.165, 1.54) is 27.6 Å². The Hall–Kier alpha value is -2.02. The second-order valence-electron chi connectivity index (χ2n) is 5.99. The molecule has 5 heteroatoms. The van der Waals surface area contributed by atoms with Gasteiger partial charge in [0.25, 0.3) is 0 Å². The normalized spacial score (nSPS) is 11.3. The Morgan fingerprint density at radius 1 is 1.08 bits per heavy atom. The van der Waals surface area contributed by atoms with Crippen molar-refractivity contribution in [3.63, 3.8) is 0 Å². The van der Waals surface area contributed by atoms with Crippen LogP contribution in [-0.2, 0) is 12.8 Å². The molecule has 0 atom stereocenters. The number of aromatic nitrogens is 1. The van der Waals surface area contributed by atoms with Gasteiger partial charge in [0.15, 0.2) is 5.96 Å². The Morgan fingerprint density at radius 2 is 1.88 bits per heavy atom. The molecular weight excluding hydrogens is 423 g/mol. The molecule has 0 fully saturated rings. The third-order valence-corrected chi connectivity index (χ3v) is 4.22. The van der Waals surface area contributed by atoms with Crippen LogP contribution in [0.25, 0.3) is 10.9 Å². The van der Waals surface area contributed by atoms with E-state index in [-0.39, 0.29) is 24.0 Å². The predicted molar refractivity (Wildman–Crippen MR) is 117 cm³/mol. The summed E-state index contributed by atoms with van der Waals surface area (Å²) in [6.45, 7) is 3.62. The lowest BCUT2D eigenvalue weighted by Gasteiger charge is -2.06. The van der Waals surface area contributed by atoms with Gasteiger partial charge in [-0.05, 0) is 42.5 Å². The van der Waals surface area contributed by atoms with E-state index in [1.807, 2.05) is 6.07 Å². The van der Waals surface area contributed by atoms with Gasteiger partial charge in [-0.2, -0.15) is 0 Å². The highest BCUT2D eigenvalue weighted by atomic mass is 127. The summed E-state index contributed by atoms with van der Waals surface area (Å²) in [5.41, 5.74) is 11.0. The van der Waals surface area contributed by atoms with Gasteiger partial charge in [0.1, 0.15) is 0 Å². The number of rotatable bonds is 6. The zero-order valence-corrected chi connectivity index (χ0v) is 16.8. The summed E-state index contributed by atoms with van der Waals surface area (Å²) >= 11 is 0. The topological polar surface area (TPSA) is 66.2 Å². The highest BCUT2D eigenvalue weighted by Gasteiger charge is 2.05. The highest BCUT2D eigenvalue weighted by molar-refractivity contribution is 14.0. The van der Waals surface area contributed by atoms with E-state index in [4.69, 9.17) is 5.73 Å². The summed E-state index contributed by atoms with van der Waals surface area (Å²) in [6.07, 6.45) is 3.90. The third kappa shape index (κ3) is 5.22. The van der Waals surface area contributed by atoms with Crippen LogP contribution in [-0.4, -0.2) is 24.0 Å². The number of benzene rings is 2. The predicted octanol–water partition coefficient (Wildman–Crippen LogP) is 3.78. The number of guanidine groups is 1. The zero-order chi connectivity index (χ0) is 16.8. The highest BCUT2D eigenvalue weighted by Crippen LogP contribution is 2.22. The van der Waals surface area contributed by atoms with Crippen LogP contribution in [0.4, 0.5) is 0 Å². The molecule has 0 radical (unpaired) electrons. The van der Waals surface area contributed by atoms with Gasteiger partial charge in [-0.3, -0.25) is 4.99 Å². The van der Waals surface area contributed by atoms with Gasteiger partial charge in [-0.25, -0.2) is 0 Å². The summed E-state index contributed by atoms with van der Waals surface area (Å²) in [5, 5.41) is 4.49. The molecule has 1 heterocycles. The van der Waals surface area contributed by atoms with Crippen molar-refractivity contribution in [2.24, 2.45) is 10.7 Å². The van der Waals surface area contributed by atoms with Gasteiger partial charge >= 0.3 is 0 Å². The SMILES string of the molecule is Cc1cccc2[nH]cc(CCN=C(N)NCCc3ccccc3)c12.I. The maximum absolute atomic E-state index is 5.95. The number of fused-ring (bicyclic) bond motifs is 1. The number of nitrogens with one attached hydrogen (secondary N) is 2. The van der Waals surface area contributed by atoms with E-state index in [0.717, 1.165) is 19.4 Å². The molecule has 25 heavy (non-hydrogen) atoms. The Balaban J connectivity index is 0.00000225. The molecular formula is C20H25IN4. The van der Waals surface area contributed by atoms with Crippen LogP contribution in [0.3, 0.4) is 0 Å². The van der Waals surface area contributed by atoms with Crippen molar-refractivity contribution in [3.8, 4) is 0 Å². The molecule has 3 aromatic rings. The average molecular weight is 448 g/mol. The average Bonchev–Trinajstić information content (AvgIpc) is 3.00. The van der Waals surface area contributed by atoms with Crippen LogP contribution in [0, 0.1) is 6.92 Å². The molecule has 2 aromatic carbocycles. The van der Waals surface area contributed by atoms with E-state index in [9.17, 15) is 0 Å². The van der Waals surface area contributed by atoms with Crippen molar-refractivity contribution >= 4 is 40.8 Å². The molecule has 0 aliphatic carbocycles. The molecule has 0 aliphatic rings. The lowest BCUT2D eigenvalue weighted by molar-refractivity contribution is 0.844. The van der Waals surface area contributed by atoms with E-state index in [0.29, 0.717) is 12.5 Å². The van der Waals surface area contributed by atoms with Crippen molar-refractivity contribution < 1.29 is 0 Å². The summed E-state index contributed by atoms with van der Waals surface area (Å²) < 4.78 is 0. The van der Waals surface area contributed by atoms with Gasteiger partial charge in [0, 0.05) is 30.2 Å². The Kier molecular flexibility index (Phi) is 7.31. The lowest BCUT2D eigenvalue weighted by atomic mass is 10.1. The number of hydrogen-bond donors (Lipinski definition) is 3. The Bertz CT molecular complexity index is 824. The number of aromatic amines is 1. The second kappa shape index (κ2) is 9.46. The molecule has 4 N–H and O–H groups in total. The number of H-pyrrole nitrogens is 1. The number of aryl methyl sites for hydroxylation is 1. The molecule has 0 saturated carbocycles. The van der Waals surface area contributed by atoms with Crippen LogP contribution in [0.1, 0.15) is 16.7 Å². The van der Waals surface area contributed by atoms with Crippen LogP contribution in [0.2, 0.25) is 0 Å². The molecule has 0 amide bonds. The molecule has 0 bridgehead atoms. The molecule has 132 valence electrons. The smallest absolute Gasteiger partial charge is 0.188 e. The number of hydrogen-bond acceptors (Lipinski definition) is 1. The van der Waals surface area contributed by atoms with Crippen molar-refractivity contribution in [2.75, 3.05) is 13.1 Å². The van der Waals surface area contributed by atoms with Crippen molar-refractivity contribution in [2.45, 2.75) is 19.8 Å². The number of aliphatic imine (C=N–C) groups is 1. The Morgan fingerprint density at radius 3 is 2.68 bits per heavy atom. The first-order valence-electron chi connectivity index (χ1n) is 8.37. The molecule has 0 aliphatic heterocycles. The first-order valence-corrected chi connectivity index (χ1v) is 8.37. The van der Waals surface area contributed by atoms with Crippen molar-refractivity contribution in [1.29, 1.82) is 0 Å². The summed E-state index contributed by atoms with van der Waals surface area (Å²) in [5.74, 6) is 0.516. The quantitative estimate of drug-likeness (QED) is 0.305. The van der Waals surface area contributed by atoms with Crippen LogP contribution < -0.4 is 11.1 Å². The monoisotopic (exact) mass is 448 g/mol. The minimum atomic E-state index is 0. The van der Waals surface area contributed by atoms with Crippen molar-refractivity contribution in [1.82, 2.24) is 10.3 Å². The maximum atomic E-state index is 5.95. The largest absolute Gasteiger partial charge is 0.370 e. The first kappa shape index (κ1) is 19.3. The van der Waals surface area contributed by atoms with Gasteiger partial charge < -0.3 is 16.0 Å². The molecule has 0 saturated heterocycles. The van der Waals surface area contributed by atoms with Crippen LogP contribution in [0.5, 0.6) is 0 Å². The second-order valence-corrected chi connectivity index (χ2v) is 5.99. The lowest BCUT2D eigenvalue weighted by Crippen LogP contribution is -2.33. The molecule has 0 unspecified atom stereocenters. The van der Waals surface area contributed by atoms with Crippen LogP contribution in [0.15, 0.2) is 59.7 Å². The molecule has 0 spiro atoms. The first-order chi connectivity index (χ1) is 11.7. The van der Waals surface area contributed by atoms with Gasteiger partial charge in [0.2, 0.25) is 0 Å². The van der Waals surface area contributed by atoms with Gasteiger partial charge in [-0.15, -0.1) is 24.0 Å². The Labute approximate surface area is 165 Å². The fourth-order valence-corrected chi connectivity index (χ4v) is 2.98. The summed E-state index contributed by atoms with van der Waals surface area (Å²) in [4.78, 5) is 7.76. The fraction of sp³-hybridized carbons (Fsp3) is 0.250. The summed E-state index contributed by atoms with van der Waals surface area (Å²) in [6, 6.07) is 16.7. The maximum Gasteiger partial charge on any atom is 0.188 e. The van der Waals surface area contributed by atoms with Crippen LogP contribution >= 0.6 is 24.0 Å². The van der Waals surface area contributed by atoms with Crippen molar-refractivity contribution in [3.05, 3.63) is 71.4 Å².